The molecule has 5 atom stereocenters. The number of hydrogen-bond donors (Lipinski definition) is 0. The molecule has 0 aromatic heterocycles. The summed E-state index contributed by atoms with van der Waals surface area (Å²) in [5.74, 6) is -0.0687. The molecule has 0 radical (unpaired) electrons. The minimum absolute atomic E-state index is 0.257. The zero-order chi connectivity index (χ0) is 19.4. The molecular weight excluding hydrogens is 420 g/mol. The van der Waals surface area contributed by atoms with Gasteiger partial charge in [0.1, 0.15) is 29.8 Å². The van der Waals surface area contributed by atoms with E-state index in [4.69, 9.17) is 33.2 Å². The Labute approximate surface area is 167 Å². The number of rotatable bonds is 4. The van der Waals surface area contributed by atoms with Crippen molar-refractivity contribution in [2.45, 2.75) is 70.0 Å². The van der Waals surface area contributed by atoms with E-state index >= 15 is 0 Å². The van der Waals surface area contributed by atoms with Crippen molar-refractivity contribution in [3.05, 3.63) is 22.7 Å². The van der Waals surface area contributed by atoms with Crippen molar-refractivity contribution in [2.75, 3.05) is 13.7 Å². The highest BCUT2D eigenvalue weighted by Gasteiger charge is 2.60. The molecule has 0 aliphatic carbocycles. The molecule has 0 amide bonds. The van der Waals surface area contributed by atoms with Crippen molar-refractivity contribution < 1.29 is 33.2 Å². The topological polar surface area (TPSA) is 64.6 Å². The van der Waals surface area contributed by atoms with Crippen LogP contribution in [0, 0.1) is 0 Å². The fraction of sp³-hybridized carbons (Fsp3) is 0.684. The van der Waals surface area contributed by atoms with E-state index < -0.39 is 17.9 Å². The maximum absolute atomic E-state index is 6.19. The minimum Gasteiger partial charge on any atom is -0.497 e. The molecule has 1 aromatic rings. The van der Waals surface area contributed by atoms with Crippen LogP contribution in [-0.2, 0) is 23.7 Å². The van der Waals surface area contributed by atoms with Crippen LogP contribution in [0.5, 0.6) is 11.5 Å². The summed E-state index contributed by atoms with van der Waals surface area (Å²) in [4.78, 5) is 0. The quantitative estimate of drug-likeness (QED) is 0.705. The van der Waals surface area contributed by atoms with E-state index in [1.54, 1.807) is 13.2 Å². The maximum atomic E-state index is 6.19. The lowest BCUT2D eigenvalue weighted by atomic mass is 10.1. The smallest absolute Gasteiger partial charge is 0.229 e. The van der Waals surface area contributed by atoms with Gasteiger partial charge in [-0.15, -0.1) is 0 Å². The fourth-order valence-electron chi connectivity index (χ4n) is 3.69. The molecule has 3 saturated heterocycles. The van der Waals surface area contributed by atoms with E-state index in [9.17, 15) is 0 Å². The van der Waals surface area contributed by atoms with Crippen LogP contribution >= 0.6 is 15.9 Å². The van der Waals surface area contributed by atoms with Gasteiger partial charge in [-0.3, -0.25) is 0 Å². The summed E-state index contributed by atoms with van der Waals surface area (Å²) in [6, 6.07) is 5.52. The third-order valence-corrected chi connectivity index (χ3v) is 5.48. The van der Waals surface area contributed by atoms with Gasteiger partial charge in [-0.2, -0.15) is 0 Å². The Bertz CT molecular complexity index is 707. The average Bonchev–Trinajstić information content (AvgIpc) is 3.20. The van der Waals surface area contributed by atoms with Crippen LogP contribution in [0.25, 0.3) is 0 Å². The molecule has 3 aliphatic rings. The highest BCUT2D eigenvalue weighted by molar-refractivity contribution is 9.10. The first kappa shape index (κ1) is 19.4. The van der Waals surface area contributed by atoms with Crippen molar-refractivity contribution >= 4 is 15.9 Å². The summed E-state index contributed by atoms with van der Waals surface area (Å²) in [5, 5.41) is 0. The van der Waals surface area contributed by atoms with Crippen LogP contribution in [0.15, 0.2) is 22.7 Å². The number of ether oxygens (including phenoxy) is 7. The monoisotopic (exact) mass is 444 g/mol. The Morgan fingerprint density at radius 2 is 1.74 bits per heavy atom. The third-order valence-electron chi connectivity index (χ3n) is 4.83. The lowest BCUT2D eigenvalue weighted by Crippen LogP contribution is -2.40. The van der Waals surface area contributed by atoms with Crippen LogP contribution in [-0.4, -0.2) is 56.0 Å². The Balaban J connectivity index is 1.56. The molecule has 0 unspecified atom stereocenters. The number of hydrogen-bond acceptors (Lipinski definition) is 7. The van der Waals surface area contributed by atoms with E-state index in [1.807, 2.05) is 39.8 Å². The van der Waals surface area contributed by atoms with Crippen molar-refractivity contribution in [1.82, 2.24) is 0 Å². The van der Waals surface area contributed by atoms with E-state index in [-0.39, 0.29) is 24.4 Å². The van der Waals surface area contributed by atoms with Crippen molar-refractivity contribution in [3.8, 4) is 11.5 Å². The Morgan fingerprint density at radius 1 is 1.00 bits per heavy atom. The normalized spacial score (nSPS) is 36.6. The van der Waals surface area contributed by atoms with Gasteiger partial charge in [-0.1, -0.05) is 0 Å². The summed E-state index contributed by atoms with van der Waals surface area (Å²) in [6.07, 6.45) is -1.94. The largest absolute Gasteiger partial charge is 0.497 e. The minimum atomic E-state index is -0.723. The van der Waals surface area contributed by atoms with Crippen LogP contribution in [0.3, 0.4) is 0 Å². The van der Waals surface area contributed by atoms with Gasteiger partial charge in [0.15, 0.2) is 17.7 Å². The molecule has 0 N–H and O–H groups in total. The zero-order valence-corrected chi connectivity index (χ0v) is 17.6. The van der Waals surface area contributed by atoms with Gasteiger partial charge in [0.05, 0.1) is 18.2 Å². The summed E-state index contributed by atoms with van der Waals surface area (Å²) < 4.78 is 42.3. The first-order valence-electron chi connectivity index (χ1n) is 9.00. The SMILES string of the molecule is COc1ccc(Br)c(O[C@H]2O[C@H]([C@H]3COC(C)(C)O3)[C@@H]3OC(C)(C)O[C@H]23)c1. The molecule has 27 heavy (non-hydrogen) atoms. The van der Waals surface area contributed by atoms with Gasteiger partial charge in [0.25, 0.3) is 0 Å². The molecule has 3 heterocycles. The molecule has 3 fully saturated rings. The van der Waals surface area contributed by atoms with Gasteiger partial charge >= 0.3 is 0 Å². The van der Waals surface area contributed by atoms with Crippen molar-refractivity contribution in [1.29, 1.82) is 0 Å². The van der Waals surface area contributed by atoms with Gasteiger partial charge in [-0.25, -0.2) is 0 Å². The molecular formula is C19H25BrO7. The molecule has 0 saturated carbocycles. The second-order valence-electron chi connectivity index (χ2n) is 7.82. The van der Waals surface area contributed by atoms with E-state index in [0.29, 0.717) is 18.1 Å². The summed E-state index contributed by atoms with van der Waals surface area (Å²) in [7, 11) is 1.61. The Morgan fingerprint density at radius 3 is 2.41 bits per heavy atom. The predicted octanol–water partition coefficient (Wildman–Crippen LogP) is 3.23. The van der Waals surface area contributed by atoms with E-state index in [2.05, 4.69) is 15.9 Å². The van der Waals surface area contributed by atoms with Gasteiger partial charge < -0.3 is 33.2 Å². The van der Waals surface area contributed by atoms with Crippen molar-refractivity contribution in [3.63, 3.8) is 0 Å². The lowest BCUT2D eigenvalue weighted by molar-refractivity contribution is -0.230. The van der Waals surface area contributed by atoms with Crippen LogP contribution in [0.2, 0.25) is 0 Å². The van der Waals surface area contributed by atoms with Gasteiger partial charge in [0, 0.05) is 6.07 Å². The molecule has 1 aromatic carbocycles. The molecule has 8 heteroatoms. The fourth-order valence-corrected chi connectivity index (χ4v) is 4.03. The second kappa shape index (κ2) is 6.86. The van der Waals surface area contributed by atoms with Gasteiger partial charge in [-0.05, 0) is 55.8 Å². The summed E-state index contributed by atoms with van der Waals surface area (Å²) >= 11 is 3.51. The molecule has 0 spiro atoms. The first-order chi connectivity index (χ1) is 12.7. The zero-order valence-electron chi connectivity index (χ0n) is 16.1. The predicted molar refractivity (Wildman–Crippen MR) is 98.7 cm³/mol. The van der Waals surface area contributed by atoms with Crippen molar-refractivity contribution in [2.24, 2.45) is 0 Å². The second-order valence-corrected chi connectivity index (χ2v) is 8.67. The molecule has 0 bridgehead atoms. The van der Waals surface area contributed by atoms with Crippen LogP contribution in [0.1, 0.15) is 27.7 Å². The molecule has 4 rings (SSSR count). The first-order valence-corrected chi connectivity index (χ1v) is 9.80. The molecule has 150 valence electrons. The summed E-state index contributed by atoms with van der Waals surface area (Å²) in [5.41, 5.74) is 0. The lowest BCUT2D eigenvalue weighted by Gasteiger charge is -2.27. The van der Waals surface area contributed by atoms with E-state index in [1.165, 1.54) is 0 Å². The highest BCUT2D eigenvalue weighted by Crippen LogP contribution is 2.43. The third kappa shape index (κ3) is 3.83. The average molecular weight is 445 g/mol. The standard InChI is InChI=1S/C19H25BrO7/c1-18(2)22-9-13(25-18)14-15-16(27-19(3,4)26-15)17(24-14)23-12-8-10(21-5)6-7-11(12)20/h6-8,13-17H,9H2,1-5H3/t13-,14-,15+,16+,17+/m1/s1. The van der Waals surface area contributed by atoms with Crippen LogP contribution in [0.4, 0.5) is 0 Å². The molecule has 7 nitrogen and oxygen atoms in total. The molecule has 3 aliphatic heterocycles. The Hall–Kier alpha value is -0.900. The summed E-state index contributed by atoms with van der Waals surface area (Å²) in [6.45, 7) is 7.97. The van der Waals surface area contributed by atoms with Gasteiger partial charge in [0.2, 0.25) is 6.29 Å². The number of benzene rings is 1. The number of halogens is 1. The van der Waals surface area contributed by atoms with E-state index in [0.717, 1.165) is 4.47 Å². The number of methoxy groups -OCH3 is 1. The highest BCUT2D eigenvalue weighted by atomic mass is 79.9. The van der Waals surface area contributed by atoms with Crippen LogP contribution < -0.4 is 9.47 Å². The Kier molecular flexibility index (Phi) is 4.93. The number of fused-ring (bicyclic) bond motifs is 1. The maximum Gasteiger partial charge on any atom is 0.229 e.